The zero-order valence-corrected chi connectivity index (χ0v) is 15.3. The van der Waals surface area contributed by atoms with Gasteiger partial charge in [0.1, 0.15) is 5.75 Å². The first-order chi connectivity index (χ1) is 13.1. The van der Waals surface area contributed by atoms with E-state index in [0.717, 1.165) is 16.9 Å². The monoisotopic (exact) mass is 369 g/mol. The van der Waals surface area contributed by atoms with E-state index in [1.807, 2.05) is 49.4 Å². The van der Waals surface area contributed by atoms with Gasteiger partial charge in [-0.25, -0.2) is 0 Å². The van der Waals surface area contributed by atoms with Crippen molar-refractivity contribution < 1.29 is 24.2 Å². The molecule has 0 spiro atoms. The molecule has 0 radical (unpaired) electrons. The van der Waals surface area contributed by atoms with Crippen LogP contribution in [0.4, 0.5) is 0 Å². The molecule has 0 saturated carbocycles. The average Bonchev–Trinajstić information content (AvgIpc) is 2.68. The number of para-hydroxylation sites is 1. The first-order valence-corrected chi connectivity index (χ1v) is 9.03. The van der Waals surface area contributed by atoms with Crippen LogP contribution in [0.25, 0.3) is 11.1 Å². The van der Waals surface area contributed by atoms with E-state index in [9.17, 15) is 9.59 Å². The summed E-state index contributed by atoms with van der Waals surface area (Å²) >= 11 is 0. The van der Waals surface area contributed by atoms with Gasteiger partial charge in [0.15, 0.2) is 0 Å². The Hall–Kier alpha value is -2.86. The quantitative estimate of drug-likeness (QED) is 0.847. The summed E-state index contributed by atoms with van der Waals surface area (Å²) in [5.41, 5.74) is 2.32. The predicted octanol–water partition coefficient (Wildman–Crippen LogP) is 3.07. The van der Waals surface area contributed by atoms with Gasteiger partial charge < -0.3 is 19.5 Å². The number of nitrogens with zero attached hydrogens (tertiary/aromatic N) is 1. The highest BCUT2D eigenvalue weighted by Gasteiger charge is 2.30. The fourth-order valence-corrected chi connectivity index (χ4v) is 3.26. The summed E-state index contributed by atoms with van der Waals surface area (Å²) in [5.74, 6) is -0.359. The summed E-state index contributed by atoms with van der Waals surface area (Å²) in [6, 6.07) is 14.6. The second-order valence-electron chi connectivity index (χ2n) is 6.34. The highest BCUT2D eigenvalue weighted by atomic mass is 16.5. The van der Waals surface area contributed by atoms with E-state index < -0.39 is 12.0 Å². The topological polar surface area (TPSA) is 76.1 Å². The van der Waals surface area contributed by atoms with Gasteiger partial charge in [-0.15, -0.1) is 0 Å². The maximum Gasteiger partial charge on any atom is 0.305 e. The van der Waals surface area contributed by atoms with Crippen molar-refractivity contribution >= 4 is 11.9 Å². The summed E-state index contributed by atoms with van der Waals surface area (Å²) in [6.45, 7) is 3.52. The molecule has 1 N–H and O–H groups in total. The molecule has 6 nitrogen and oxygen atoms in total. The lowest BCUT2D eigenvalue weighted by molar-refractivity contribution is -0.139. The van der Waals surface area contributed by atoms with Crippen molar-refractivity contribution in [1.29, 1.82) is 0 Å². The van der Waals surface area contributed by atoms with Gasteiger partial charge in [-0.05, 0) is 30.7 Å². The van der Waals surface area contributed by atoms with Gasteiger partial charge in [-0.3, -0.25) is 9.59 Å². The Morgan fingerprint density at radius 1 is 1.22 bits per heavy atom. The van der Waals surface area contributed by atoms with Crippen molar-refractivity contribution in [3.63, 3.8) is 0 Å². The molecule has 1 aliphatic heterocycles. The largest absolute Gasteiger partial charge is 0.493 e. The SMILES string of the molecule is CCOc1ccccc1-c1cccc(C(=O)N2CCOCC2CC(=O)O)c1. The molecule has 0 aromatic heterocycles. The zero-order valence-electron chi connectivity index (χ0n) is 15.3. The number of carboxylic acid groups (broad SMARTS) is 1. The van der Waals surface area contributed by atoms with Crippen LogP contribution >= 0.6 is 0 Å². The number of morpholine rings is 1. The van der Waals surface area contributed by atoms with Gasteiger partial charge in [0.05, 0.1) is 32.3 Å². The number of amides is 1. The Morgan fingerprint density at radius 2 is 2.04 bits per heavy atom. The van der Waals surface area contributed by atoms with Crippen LogP contribution in [0.2, 0.25) is 0 Å². The van der Waals surface area contributed by atoms with E-state index in [2.05, 4.69) is 0 Å². The lowest BCUT2D eigenvalue weighted by Gasteiger charge is -2.35. The van der Waals surface area contributed by atoms with E-state index in [4.69, 9.17) is 14.6 Å². The highest BCUT2D eigenvalue weighted by Crippen LogP contribution is 2.30. The van der Waals surface area contributed by atoms with Crippen molar-refractivity contribution in [2.24, 2.45) is 0 Å². The molecule has 1 fully saturated rings. The molecule has 1 atom stereocenters. The third kappa shape index (κ3) is 4.46. The Balaban J connectivity index is 1.89. The summed E-state index contributed by atoms with van der Waals surface area (Å²) in [4.78, 5) is 25.7. The number of carbonyl (C=O) groups excluding carboxylic acids is 1. The Bertz CT molecular complexity index is 820. The van der Waals surface area contributed by atoms with Crippen LogP contribution in [0.3, 0.4) is 0 Å². The maximum atomic E-state index is 13.0. The molecule has 3 rings (SSSR count). The molecular formula is C21H23NO5. The summed E-state index contributed by atoms with van der Waals surface area (Å²) < 4.78 is 11.1. The minimum absolute atomic E-state index is 0.126. The van der Waals surface area contributed by atoms with Gasteiger partial charge in [0, 0.05) is 17.7 Å². The van der Waals surface area contributed by atoms with Crippen LogP contribution in [0.1, 0.15) is 23.7 Å². The first kappa shape index (κ1) is 18.9. The molecule has 1 unspecified atom stereocenters. The Morgan fingerprint density at radius 3 is 2.81 bits per heavy atom. The minimum Gasteiger partial charge on any atom is -0.493 e. The second-order valence-corrected chi connectivity index (χ2v) is 6.34. The van der Waals surface area contributed by atoms with Crippen molar-refractivity contribution in [2.75, 3.05) is 26.4 Å². The average molecular weight is 369 g/mol. The van der Waals surface area contributed by atoms with E-state index in [1.54, 1.807) is 11.0 Å². The predicted molar refractivity (Wildman–Crippen MR) is 101 cm³/mol. The van der Waals surface area contributed by atoms with Crippen LogP contribution in [0.15, 0.2) is 48.5 Å². The highest BCUT2D eigenvalue weighted by molar-refractivity contribution is 5.96. The number of carbonyl (C=O) groups is 2. The second kappa shape index (κ2) is 8.68. The summed E-state index contributed by atoms with van der Waals surface area (Å²) in [7, 11) is 0. The van der Waals surface area contributed by atoms with E-state index in [0.29, 0.717) is 25.3 Å². The molecule has 2 aromatic rings. The van der Waals surface area contributed by atoms with Crippen molar-refractivity contribution in [3.8, 4) is 16.9 Å². The molecular weight excluding hydrogens is 346 g/mol. The van der Waals surface area contributed by atoms with Gasteiger partial charge >= 0.3 is 5.97 Å². The smallest absolute Gasteiger partial charge is 0.305 e. The third-order valence-corrected chi connectivity index (χ3v) is 4.51. The van der Waals surface area contributed by atoms with Crippen molar-refractivity contribution in [1.82, 2.24) is 4.90 Å². The van der Waals surface area contributed by atoms with Crippen LogP contribution in [0, 0.1) is 0 Å². The zero-order chi connectivity index (χ0) is 19.2. The standard InChI is InChI=1S/C21H23NO5/c1-2-27-19-9-4-3-8-18(19)15-6-5-7-16(12-15)21(25)22-10-11-26-14-17(22)13-20(23)24/h3-9,12,17H,2,10-11,13-14H2,1H3,(H,23,24). The van der Waals surface area contributed by atoms with Crippen molar-refractivity contribution in [3.05, 3.63) is 54.1 Å². The molecule has 1 saturated heterocycles. The van der Waals surface area contributed by atoms with Gasteiger partial charge in [-0.2, -0.15) is 0 Å². The molecule has 0 bridgehead atoms. The van der Waals surface area contributed by atoms with Crippen molar-refractivity contribution in [2.45, 2.75) is 19.4 Å². The number of hydrogen-bond donors (Lipinski definition) is 1. The Kier molecular flexibility index (Phi) is 6.08. The lowest BCUT2D eigenvalue weighted by Crippen LogP contribution is -2.49. The summed E-state index contributed by atoms with van der Waals surface area (Å²) in [5, 5.41) is 9.10. The molecule has 2 aromatic carbocycles. The molecule has 6 heteroatoms. The van der Waals surface area contributed by atoms with Crippen LogP contribution in [0.5, 0.6) is 5.75 Å². The molecule has 0 aliphatic carbocycles. The molecule has 142 valence electrons. The summed E-state index contributed by atoms with van der Waals surface area (Å²) in [6.07, 6.45) is -0.126. The number of aliphatic carboxylic acids is 1. The van der Waals surface area contributed by atoms with Gasteiger partial charge in [0.25, 0.3) is 5.91 Å². The fourth-order valence-electron chi connectivity index (χ4n) is 3.26. The normalized spacial score (nSPS) is 16.8. The number of rotatable bonds is 6. The van der Waals surface area contributed by atoms with Crippen LogP contribution in [-0.4, -0.2) is 54.3 Å². The van der Waals surface area contributed by atoms with E-state index in [1.165, 1.54) is 0 Å². The van der Waals surface area contributed by atoms with Gasteiger partial charge in [-0.1, -0.05) is 30.3 Å². The molecule has 1 amide bonds. The number of hydrogen-bond acceptors (Lipinski definition) is 4. The van der Waals surface area contributed by atoms with E-state index in [-0.39, 0.29) is 18.9 Å². The molecule has 1 aliphatic rings. The molecule has 1 heterocycles. The van der Waals surface area contributed by atoms with E-state index >= 15 is 0 Å². The van der Waals surface area contributed by atoms with Crippen LogP contribution < -0.4 is 4.74 Å². The lowest BCUT2D eigenvalue weighted by atomic mass is 10.0. The first-order valence-electron chi connectivity index (χ1n) is 9.03. The number of carboxylic acids is 1. The number of benzene rings is 2. The Labute approximate surface area is 158 Å². The molecule has 27 heavy (non-hydrogen) atoms. The van der Waals surface area contributed by atoms with Crippen LogP contribution in [-0.2, 0) is 9.53 Å². The third-order valence-electron chi connectivity index (χ3n) is 4.51. The minimum atomic E-state index is -0.942. The van der Waals surface area contributed by atoms with Gasteiger partial charge in [0.2, 0.25) is 0 Å². The fraction of sp³-hybridized carbons (Fsp3) is 0.333. The number of ether oxygens (including phenoxy) is 2. The maximum absolute atomic E-state index is 13.0.